The SMILES string of the molecule is Cc1ncsc1CCOCc1sccc1C#CCO. The molecule has 0 aliphatic rings. The quantitative estimate of drug-likeness (QED) is 0.680. The fourth-order valence-corrected chi connectivity index (χ4v) is 3.12. The van der Waals surface area contributed by atoms with Crippen molar-refractivity contribution in [3.63, 3.8) is 0 Å². The number of ether oxygens (including phenoxy) is 1. The second kappa shape index (κ2) is 7.41. The largest absolute Gasteiger partial charge is 0.384 e. The average molecular weight is 293 g/mol. The Morgan fingerprint density at radius 3 is 3.00 bits per heavy atom. The van der Waals surface area contributed by atoms with E-state index >= 15 is 0 Å². The zero-order valence-electron chi connectivity index (χ0n) is 10.7. The summed E-state index contributed by atoms with van der Waals surface area (Å²) in [6.45, 7) is 3.17. The highest BCUT2D eigenvalue weighted by Gasteiger charge is 2.04. The Labute approximate surface area is 120 Å². The predicted octanol–water partition coefficient (Wildman–Crippen LogP) is 2.62. The van der Waals surface area contributed by atoms with Crippen molar-refractivity contribution < 1.29 is 9.84 Å². The third kappa shape index (κ3) is 4.15. The van der Waals surface area contributed by atoms with Gasteiger partial charge in [0.05, 0.1) is 24.4 Å². The molecule has 3 nitrogen and oxygen atoms in total. The molecule has 0 amide bonds. The van der Waals surface area contributed by atoms with Crippen LogP contribution in [0.3, 0.4) is 0 Å². The minimum atomic E-state index is -0.110. The Hall–Kier alpha value is -1.19. The normalized spacial score (nSPS) is 10.2. The van der Waals surface area contributed by atoms with E-state index in [9.17, 15) is 0 Å². The lowest BCUT2D eigenvalue weighted by Gasteiger charge is -2.02. The van der Waals surface area contributed by atoms with Gasteiger partial charge in [0.15, 0.2) is 0 Å². The molecule has 5 heteroatoms. The summed E-state index contributed by atoms with van der Waals surface area (Å²) < 4.78 is 5.69. The van der Waals surface area contributed by atoms with Crippen LogP contribution in [0.4, 0.5) is 0 Å². The molecule has 1 N–H and O–H groups in total. The number of nitrogens with zero attached hydrogens (tertiary/aromatic N) is 1. The van der Waals surface area contributed by atoms with E-state index in [1.165, 1.54) is 4.88 Å². The van der Waals surface area contributed by atoms with Gasteiger partial charge in [0.25, 0.3) is 0 Å². The van der Waals surface area contributed by atoms with Gasteiger partial charge in [-0.2, -0.15) is 0 Å². The van der Waals surface area contributed by atoms with E-state index < -0.39 is 0 Å². The number of rotatable bonds is 5. The van der Waals surface area contributed by atoms with Crippen molar-refractivity contribution in [1.29, 1.82) is 0 Å². The molecule has 0 unspecified atom stereocenters. The molecular weight excluding hydrogens is 278 g/mol. The van der Waals surface area contributed by atoms with Gasteiger partial charge < -0.3 is 9.84 Å². The lowest BCUT2D eigenvalue weighted by molar-refractivity contribution is 0.126. The molecule has 0 saturated carbocycles. The van der Waals surface area contributed by atoms with Crippen molar-refractivity contribution in [2.45, 2.75) is 20.0 Å². The molecule has 0 aromatic carbocycles. The second-order valence-electron chi connectivity index (χ2n) is 3.88. The van der Waals surface area contributed by atoms with Gasteiger partial charge in [0.2, 0.25) is 0 Å². The van der Waals surface area contributed by atoms with Crippen molar-refractivity contribution >= 4 is 22.7 Å². The van der Waals surface area contributed by atoms with Crippen molar-refractivity contribution in [2.24, 2.45) is 0 Å². The molecule has 0 saturated heterocycles. The van der Waals surface area contributed by atoms with Crippen LogP contribution >= 0.6 is 22.7 Å². The predicted molar refractivity (Wildman–Crippen MR) is 78.5 cm³/mol. The maximum Gasteiger partial charge on any atom is 0.104 e. The van der Waals surface area contributed by atoms with E-state index in [0.717, 1.165) is 22.6 Å². The zero-order valence-corrected chi connectivity index (χ0v) is 12.3. The van der Waals surface area contributed by atoms with Gasteiger partial charge in [-0.25, -0.2) is 4.98 Å². The highest BCUT2D eigenvalue weighted by atomic mass is 32.1. The van der Waals surface area contributed by atoms with Crippen LogP contribution in [0.5, 0.6) is 0 Å². The van der Waals surface area contributed by atoms with Crippen LogP contribution in [0.25, 0.3) is 0 Å². The Bertz CT molecular complexity index is 578. The van der Waals surface area contributed by atoms with E-state index in [1.54, 1.807) is 22.7 Å². The maximum absolute atomic E-state index is 8.70. The average Bonchev–Trinajstić information content (AvgIpc) is 3.01. The molecule has 2 aromatic heterocycles. The summed E-state index contributed by atoms with van der Waals surface area (Å²) in [7, 11) is 0. The van der Waals surface area contributed by atoms with Crippen LogP contribution in [0.2, 0.25) is 0 Å². The van der Waals surface area contributed by atoms with Crippen LogP contribution < -0.4 is 0 Å². The first-order valence-electron chi connectivity index (χ1n) is 5.94. The Kier molecular flexibility index (Phi) is 5.55. The van der Waals surface area contributed by atoms with Crippen LogP contribution in [0.1, 0.15) is 21.0 Å². The minimum Gasteiger partial charge on any atom is -0.384 e. The molecule has 19 heavy (non-hydrogen) atoms. The molecule has 0 aliphatic carbocycles. The van der Waals surface area contributed by atoms with E-state index in [2.05, 4.69) is 16.8 Å². The molecule has 2 aromatic rings. The molecule has 100 valence electrons. The molecule has 0 aliphatic heterocycles. The third-order valence-electron chi connectivity index (χ3n) is 2.60. The Balaban J connectivity index is 1.80. The van der Waals surface area contributed by atoms with Gasteiger partial charge in [-0.05, 0) is 18.4 Å². The number of aliphatic hydroxyl groups excluding tert-OH is 1. The number of aromatic nitrogens is 1. The summed E-state index contributed by atoms with van der Waals surface area (Å²) in [6, 6.07) is 1.96. The lowest BCUT2D eigenvalue weighted by Crippen LogP contribution is -1.99. The second-order valence-corrected chi connectivity index (χ2v) is 5.82. The molecule has 0 spiro atoms. The number of thiophene rings is 1. The summed E-state index contributed by atoms with van der Waals surface area (Å²) in [5.41, 5.74) is 3.92. The highest BCUT2D eigenvalue weighted by molar-refractivity contribution is 7.10. The minimum absolute atomic E-state index is 0.110. The summed E-state index contributed by atoms with van der Waals surface area (Å²) in [4.78, 5) is 6.61. The van der Waals surface area contributed by atoms with Crippen LogP contribution in [-0.4, -0.2) is 23.3 Å². The molecule has 0 radical (unpaired) electrons. The number of hydrogen-bond donors (Lipinski definition) is 1. The molecule has 2 heterocycles. The first-order valence-corrected chi connectivity index (χ1v) is 7.70. The van der Waals surface area contributed by atoms with E-state index in [-0.39, 0.29) is 6.61 Å². The van der Waals surface area contributed by atoms with Gasteiger partial charge in [-0.1, -0.05) is 11.8 Å². The molecule has 0 bridgehead atoms. The summed E-state index contributed by atoms with van der Waals surface area (Å²) in [6.07, 6.45) is 0.902. The number of aryl methyl sites for hydroxylation is 1. The van der Waals surface area contributed by atoms with Gasteiger partial charge in [-0.3, -0.25) is 0 Å². The van der Waals surface area contributed by atoms with E-state index in [1.807, 2.05) is 23.9 Å². The maximum atomic E-state index is 8.70. The van der Waals surface area contributed by atoms with Crippen molar-refractivity contribution in [3.05, 3.63) is 38.0 Å². The fourth-order valence-electron chi connectivity index (χ4n) is 1.59. The molecule has 0 fully saturated rings. The van der Waals surface area contributed by atoms with Gasteiger partial charge in [-0.15, -0.1) is 22.7 Å². The highest BCUT2D eigenvalue weighted by Crippen LogP contribution is 2.18. The summed E-state index contributed by atoms with van der Waals surface area (Å²) >= 11 is 3.31. The van der Waals surface area contributed by atoms with Crippen molar-refractivity contribution in [3.8, 4) is 11.8 Å². The van der Waals surface area contributed by atoms with Crippen LogP contribution in [-0.2, 0) is 17.8 Å². The zero-order chi connectivity index (χ0) is 13.5. The Morgan fingerprint density at radius 1 is 1.37 bits per heavy atom. The monoisotopic (exact) mass is 293 g/mol. The summed E-state index contributed by atoms with van der Waals surface area (Å²) in [5, 5.41) is 10.7. The van der Waals surface area contributed by atoms with Gasteiger partial charge >= 0.3 is 0 Å². The number of hydrogen-bond acceptors (Lipinski definition) is 5. The Morgan fingerprint density at radius 2 is 2.26 bits per heavy atom. The topological polar surface area (TPSA) is 42.4 Å². The van der Waals surface area contributed by atoms with Crippen LogP contribution in [0, 0.1) is 18.8 Å². The molecular formula is C14H15NO2S2. The van der Waals surface area contributed by atoms with Gasteiger partial charge in [0.1, 0.15) is 6.61 Å². The molecule has 0 atom stereocenters. The number of thiazole rings is 1. The standard InChI is InChI=1S/C14H15NO2S2/c1-11-13(19-10-15-11)4-7-17-9-14-12(3-2-6-16)5-8-18-14/h5,8,10,16H,4,6-7,9H2,1H3. The van der Waals surface area contributed by atoms with Crippen molar-refractivity contribution in [2.75, 3.05) is 13.2 Å². The molecule has 2 rings (SSSR count). The van der Waals surface area contributed by atoms with Crippen molar-refractivity contribution in [1.82, 2.24) is 4.98 Å². The smallest absolute Gasteiger partial charge is 0.104 e. The van der Waals surface area contributed by atoms with E-state index in [0.29, 0.717) is 13.2 Å². The summed E-state index contributed by atoms with van der Waals surface area (Å²) in [5.74, 6) is 5.59. The first-order chi connectivity index (χ1) is 9.31. The number of aliphatic hydroxyl groups is 1. The fraction of sp³-hybridized carbons (Fsp3) is 0.357. The van der Waals surface area contributed by atoms with E-state index in [4.69, 9.17) is 9.84 Å². The van der Waals surface area contributed by atoms with Crippen LogP contribution in [0.15, 0.2) is 17.0 Å². The first kappa shape index (κ1) is 14.2. The van der Waals surface area contributed by atoms with Gasteiger partial charge in [0, 0.05) is 21.7 Å². The third-order valence-corrected chi connectivity index (χ3v) is 4.49. The lowest BCUT2D eigenvalue weighted by atomic mass is 10.2.